The molecule has 0 aromatic carbocycles. The predicted molar refractivity (Wildman–Crippen MR) is 70.3 cm³/mol. The fraction of sp³-hybridized carbons (Fsp3) is 0.857. The van der Waals surface area contributed by atoms with Crippen molar-refractivity contribution in [2.24, 2.45) is 23.7 Å². The smallest absolute Gasteiger partial charge is 0.260 e. The molecule has 0 unspecified atom stereocenters. The van der Waals surface area contributed by atoms with Gasteiger partial charge < -0.3 is 0 Å². The van der Waals surface area contributed by atoms with Gasteiger partial charge in [0.15, 0.2) is 0 Å². The summed E-state index contributed by atoms with van der Waals surface area (Å²) >= 11 is 0. The average Bonchev–Trinajstić information content (AvgIpc) is 2.33. The van der Waals surface area contributed by atoms with Crippen LogP contribution in [-0.2, 0) is 14.3 Å². The van der Waals surface area contributed by atoms with E-state index in [1.165, 1.54) is 6.42 Å². The Kier molecular flexibility index (Phi) is 2.87. The van der Waals surface area contributed by atoms with E-state index in [-0.39, 0.29) is 0 Å². The van der Waals surface area contributed by atoms with E-state index < -0.39 is 15.7 Å². The SMILES string of the molecule is C=CS(=O)(=O)OC1(CC)C2CC3CC(C2)CC1C3. The molecule has 18 heavy (non-hydrogen) atoms. The van der Waals surface area contributed by atoms with E-state index in [4.69, 9.17) is 4.18 Å². The molecule has 0 heterocycles. The first-order valence-electron chi connectivity index (χ1n) is 7.07. The van der Waals surface area contributed by atoms with Gasteiger partial charge in [-0.3, -0.25) is 4.18 Å². The van der Waals surface area contributed by atoms with Gasteiger partial charge in [0, 0.05) is 0 Å². The maximum absolute atomic E-state index is 11.8. The molecule has 0 spiro atoms. The van der Waals surface area contributed by atoms with Crippen LogP contribution < -0.4 is 0 Å². The summed E-state index contributed by atoms with van der Waals surface area (Å²) < 4.78 is 29.3. The summed E-state index contributed by atoms with van der Waals surface area (Å²) in [5.74, 6) is 2.52. The standard InChI is InChI=1S/C14H22O3S/c1-3-14(17-18(15,16)4-2)12-6-10-5-11(8-12)9-13(14)7-10/h4,10-13H,2-3,5-9H2,1H3. The highest BCUT2D eigenvalue weighted by Crippen LogP contribution is 2.61. The van der Waals surface area contributed by atoms with Crippen LogP contribution in [0.25, 0.3) is 0 Å². The highest BCUT2D eigenvalue weighted by atomic mass is 32.2. The van der Waals surface area contributed by atoms with Crippen molar-refractivity contribution in [1.29, 1.82) is 0 Å². The summed E-state index contributed by atoms with van der Waals surface area (Å²) in [5.41, 5.74) is -0.430. The van der Waals surface area contributed by atoms with Crippen LogP contribution in [0.1, 0.15) is 45.4 Å². The maximum atomic E-state index is 11.8. The lowest BCUT2D eigenvalue weighted by Crippen LogP contribution is -2.59. The topological polar surface area (TPSA) is 43.4 Å². The Morgan fingerprint density at radius 3 is 2.06 bits per heavy atom. The van der Waals surface area contributed by atoms with E-state index in [0.717, 1.165) is 49.3 Å². The molecule has 0 atom stereocenters. The quantitative estimate of drug-likeness (QED) is 0.737. The first kappa shape index (κ1) is 12.7. The third kappa shape index (κ3) is 1.76. The second kappa shape index (κ2) is 4.07. The summed E-state index contributed by atoms with van der Waals surface area (Å²) in [5, 5.41) is 0.954. The highest BCUT2D eigenvalue weighted by molar-refractivity contribution is 7.89. The summed E-state index contributed by atoms with van der Waals surface area (Å²) in [7, 11) is -3.57. The Balaban J connectivity index is 1.94. The highest BCUT2D eigenvalue weighted by Gasteiger charge is 2.58. The first-order chi connectivity index (χ1) is 8.49. The molecule has 0 saturated heterocycles. The maximum Gasteiger partial charge on any atom is 0.290 e. The largest absolute Gasteiger partial charge is 0.290 e. The van der Waals surface area contributed by atoms with E-state index in [1.54, 1.807) is 0 Å². The minimum absolute atomic E-state index is 0.430. The molecule has 4 fully saturated rings. The molecule has 4 bridgehead atoms. The summed E-state index contributed by atoms with van der Waals surface area (Å²) in [6.07, 6.45) is 6.80. The van der Waals surface area contributed by atoms with Gasteiger partial charge >= 0.3 is 0 Å². The second-order valence-corrected chi connectivity index (χ2v) is 7.84. The van der Waals surface area contributed by atoms with Crippen LogP contribution in [0.3, 0.4) is 0 Å². The Hall–Kier alpha value is -0.350. The van der Waals surface area contributed by atoms with E-state index in [9.17, 15) is 8.42 Å². The van der Waals surface area contributed by atoms with E-state index >= 15 is 0 Å². The van der Waals surface area contributed by atoms with Crippen LogP contribution in [0.2, 0.25) is 0 Å². The Bertz CT molecular complexity index is 424. The molecule has 0 aromatic rings. The monoisotopic (exact) mass is 270 g/mol. The van der Waals surface area contributed by atoms with Crippen LogP contribution >= 0.6 is 0 Å². The average molecular weight is 270 g/mol. The molecule has 4 aliphatic rings. The first-order valence-corrected chi connectivity index (χ1v) is 8.54. The minimum Gasteiger partial charge on any atom is -0.260 e. The van der Waals surface area contributed by atoms with Crippen molar-refractivity contribution in [2.45, 2.75) is 51.0 Å². The molecule has 0 radical (unpaired) electrons. The molecular formula is C14H22O3S. The molecule has 4 aliphatic carbocycles. The van der Waals surface area contributed by atoms with Gasteiger partial charge in [-0.2, -0.15) is 8.42 Å². The summed E-state index contributed by atoms with van der Waals surface area (Å²) in [6.45, 7) is 5.44. The van der Waals surface area contributed by atoms with Gasteiger partial charge in [-0.1, -0.05) is 13.5 Å². The van der Waals surface area contributed by atoms with Gasteiger partial charge in [0.1, 0.15) is 0 Å². The van der Waals surface area contributed by atoms with E-state index in [0.29, 0.717) is 11.8 Å². The molecule has 0 aromatic heterocycles. The number of hydrogen-bond donors (Lipinski definition) is 0. The Labute approximate surface area is 110 Å². The minimum atomic E-state index is -3.57. The Morgan fingerprint density at radius 2 is 1.67 bits per heavy atom. The lowest BCUT2D eigenvalue weighted by molar-refractivity contribution is -0.154. The third-order valence-corrected chi connectivity index (χ3v) is 6.50. The van der Waals surface area contributed by atoms with E-state index in [2.05, 4.69) is 13.5 Å². The molecule has 4 rings (SSSR count). The zero-order valence-electron chi connectivity index (χ0n) is 11.0. The van der Waals surface area contributed by atoms with Gasteiger partial charge in [0.05, 0.1) is 11.0 Å². The van der Waals surface area contributed by atoms with Gasteiger partial charge in [-0.15, -0.1) is 0 Å². The number of rotatable bonds is 4. The third-order valence-electron chi connectivity index (χ3n) is 5.55. The van der Waals surface area contributed by atoms with Crippen LogP contribution in [0, 0.1) is 23.7 Å². The van der Waals surface area contributed by atoms with Gasteiger partial charge in [0.25, 0.3) is 10.1 Å². The number of hydrogen-bond acceptors (Lipinski definition) is 3. The van der Waals surface area contributed by atoms with E-state index in [1.807, 2.05) is 0 Å². The second-order valence-electron chi connectivity index (χ2n) is 6.36. The zero-order valence-corrected chi connectivity index (χ0v) is 11.8. The van der Waals surface area contributed by atoms with Crippen LogP contribution in [0.5, 0.6) is 0 Å². The van der Waals surface area contributed by atoms with Gasteiger partial charge in [-0.05, 0) is 62.2 Å². The summed E-state index contributed by atoms with van der Waals surface area (Å²) in [4.78, 5) is 0. The molecule has 102 valence electrons. The molecule has 0 aliphatic heterocycles. The van der Waals surface area contributed by atoms with Crippen molar-refractivity contribution in [2.75, 3.05) is 0 Å². The molecule has 4 saturated carbocycles. The molecule has 3 nitrogen and oxygen atoms in total. The van der Waals surface area contributed by atoms with Crippen LogP contribution in [-0.4, -0.2) is 14.0 Å². The van der Waals surface area contributed by atoms with Crippen LogP contribution in [0.15, 0.2) is 12.0 Å². The van der Waals surface area contributed by atoms with Gasteiger partial charge in [-0.25, -0.2) is 0 Å². The molecule has 0 N–H and O–H groups in total. The molecular weight excluding hydrogens is 248 g/mol. The Morgan fingerprint density at radius 1 is 1.17 bits per heavy atom. The van der Waals surface area contributed by atoms with Crippen LogP contribution in [0.4, 0.5) is 0 Å². The van der Waals surface area contributed by atoms with Crippen molar-refractivity contribution in [3.8, 4) is 0 Å². The lowest BCUT2D eigenvalue weighted by atomic mass is 9.49. The van der Waals surface area contributed by atoms with Crippen molar-refractivity contribution in [3.63, 3.8) is 0 Å². The predicted octanol–water partition coefficient (Wildman–Crippen LogP) is 3.08. The lowest BCUT2D eigenvalue weighted by Gasteiger charge is -2.60. The summed E-state index contributed by atoms with van der Waals surface area (Å²) in [6, 6.07) is 0. The fourth-order valence-corrected chi connectivity index (χ4v) is 5.90. The van der Waals surface area contributed by atoms with Crippen molar-refractivity contribution >= 4 is 10.1 Å². The normalized spacial score (nSPS) is 46.3. The zero-order chi connectivity index (χ0) is 13.0. The van der Waals surface area contributed by atoms with Crippen molar-refractivity contribution in [1.82, 2.24) is 0 Å². The fourth-order valence-electron chi connectivity index (χ4n) is 5.00. The van der Waals surface area contributed by atoms with Gasteiger partial charge in [0.2, 0.25) is 0 Å². The molecule has 0 amide bonds. The van der Waals surface area contributed by atoms with Crippen molar-refractivity contribution < 1.29 is 12.6 Å². The van der Waals surface area contributed by atoms with Crippen molar-refractivity contribution in [3.05, 3.63) is 12.0 Å². The molecule has 4 heteroatoms.